The number of alkyl halides is 1. The predicted molar refractivity (Wildman–Crippen MR) is 171 cm³/mol. The van der Waals surface area contributed by atoms with Crippen LogP contribution in [0.4, 0.5) is 8.78 Å². The minimum atomic E-state index is -1.73. The van der Waals surface area contributed by atoms with Crippen LogP contribution in [0.25, 0.3) is 22.2 Å². The number of hydrogen-bond donors (Lipinski definition) is 3. The van der Waals surface area contributed by atoms with Crippen LogP contribution >= 0.6 is 0 Å². The topological polar surface area (TPSA) is 141 Å². The Morgan fingerprint density at radius 3 is 2.57 bits per heavy atom. The van der Waals surface area contributed by atoms with Crippen LogP contribution in [0.5, 0.6) is 0 Å². The molecule has 0 bridgehead atoms. The molecule has 246 valence electrons. The number of nitrogens with zero attached hydrogens (tertiary/aromatic N) is 5. The molecule has 4 aromatic rings. The summed E-state index contributed by atoms with van der Waals surface area (Å²) in [5.41, 5.74) is 0.894. The summed E-state index contributed by atoms with van der Waals surface area (Å²) in [4.78, 5) is 36.3. The van der Waals surface area contributed by atoms with Crippen molar-refractivity contribution in [1.82, 2.24) is 30.4 Å². The predicted octanol–water partition coefficient (Wildman–Crippen LogP) is 5.00. The Labute approximate surface area is 271 Å². The molecule has 10 nitrogen and oxygen atoms in total. The van der Waals surface area contributed by atoms with E-state index in [9.17, 15) is 19.8 Å². The molecule has 1 aliphatic carbocycles. The highest BCUT2D eigenvalue weighted by Crippen LogP contribution is 2.36. The fraction of sp³-hybridized carbons (Fsp3) is 0.429. The van der Waals surface area contributed by atoms with Gasteiger partial charge in [-0.15, -0.1) is 0 Å². The molecule has 1 fully saturated rings. The number of fused-ring (bicyclic) bond motifs is 2. The van der Waals surface area contributed by atoms with E-state index in [2.05, 4.69) is 30.4 Å². The number of pyridine rings is 2. The molecule has 1 aromatic carbocycles. The van der Waals surface area contributed by atoms with Crippen LogP contribution in [0.2, 0.25) is 0 Å². The molecule has 1 aliphatic heterocycles. The van der Waals surface area contributed by atoms with E-state index in [0.717, 1.165) is 23.1 Å². The van der Waals surface area contributed by atoms with Crippen LogP contribution in [-0.2, 0) is 17.6 Å². The van der Waals surface area contributed by atoms with Gasteiger partial charge in [0.1, 0.15) is 17.0 Å². The van der Waals surface area contributed by atoms with E-state index < -0.39 is 35.0 Å². The number of aliphatic carboxylic acids is 1. The number of aliphatic hydroxyl groups is 1. The Kier molecular flexibility index (Phi) is 9.25. The number of aryl methyl sites for hydroxylation is 1. The van der Waals surface area contributed by atoms with Crippen molar-refractivity contribution in [2.24, 2.45) is 0 Å². The van der Waals surface area contributed by atoms with Crippen molar-refractivity contribution in [3.8, 4) is 11.3 Å². The second-order valence-corrected chi connectivity index (χ2v) is 12.8. The SMILES string of the molecule is CCC[C@]1(F)CCc2nc3c(F)cc(C(=O)N[C@H](CCN4CCC(O)(C(=O)O)CC4)c4ccc(-c5ccnnc5)nc4)cc3cc2C1. The summed E-state index contributed by atoms with van der Waals surface area (Å²) in [6, 6.07) is 9.52. The average Bonchev–Trinajstić information content (AvgIpc) is 3.07. The number of rotatable bonds is 10. The molecule has 2 atom stereocenters. The second kappa shape index (κ2) is 13.4. The molecule has 0 unspecified atom stereocenters. The van der Waals surface area contributed by atoms with Gasteiger partial charge in [-0.3, -0.25) is 9.78 Å². The van der Waals surface area contributed by atoms with E-state index >= 15 is 8.78 Å². The molecule has 1 amide bonds. The molecule has 3 N–H and O–H groups in total. The number of hydrogen-bond acceptors (Lipinski definition) is 8. The number of carbonyl (C=O) groups is 2. The number of carbonyl (C=O) groups excluding carboxylic acids is 1. The molecular formula is C35H38F2N6O4. The zero-order valence-electron chi connectivity index (χ0n) is 26.3. The van der Waals surface area contributed by atoms with Crippen LogP contribution in [0.15, 0.2) is 55.0 Å². The monoisotopic (exact) mass is 644 g/mol. The number of halogens is 2. The summed E-state index contributed by atoms with van der Waals surface area (Å²) in [5.74, 6) is -2.32. The molecule has 1 saturated heterocycles. The Morgan fingerprint density at radius 1 is 1.09 bits per heavy atom. The lowest BCUT2D eigenvalue weighted by Crippen LogP contribution is -2.49. The number of nitrogens with one attached hydrogen (secondary N) is 1. The van der Waals surface area contributed by atoms with Crippen molar-refractivity contribution in [1.29, 1.82) is 0 Å². The molecule has 3 aromatic heterocycles. The maximum atomic E-state index is 15.4. The van der Waals surface area contributed by atoms with Gasteiger partial charge in [-0.05, 0) is 80.0 Å². The van der Waals surface area contributed by atoms with Crippen molar-refractivity contribution in [2.45, 2.75) is 75.6 Å². The molecule has 4 heterocycles. The molecule has 2 aliphatic rings. The number of aromatic nitrogens is 4. The Bertz CT molecular complexity index is 1770. The summed E-state index contributed by atoms with van der Waals surface area (Å²) in [5, 5.41) is 30.9. The third-order valence-corrected chi connectivity index (χ3v) is 9.51. The maximum Gasteiger partial charge on any atom is 0.335 e. The molecule has 6 rings (SSSR count). The summed E-state index contributed by atoms with van der Waals surface area (Å²) >= 11 is 0. The van der Waals surface area contributed by atoms with Gasteiger partial charge in [0.25, 0.3) is 5.91 Å². The van der Waals surface area contributed by atoms with Gasteiger partial charge in [-0.2, -0.15) is 10.2 Å². The van der Waals surface area contributed by atoms with Crippen molar-refractivity contribution in [3.63, 3.8) is 0 Å². The Balaban J connectivity index is 1.24. The zero-order valence-corrected chi connectivity index (χ0v) is 26.3. The highest BCUT2D eigenvalue weighted by atomic mass is 19.1. The van der Waals surface area contributed by atoms with E-state index in [1.165, 1.54) is 6.07 Å². The van der Waals surface area contributed by atoms with Gasteiger partial charge in [0, 0.05) is 54.5 Å². The van der Waals surface area contributed by atoms with Gasteiger partial charge in [0.2, 0.25) is 0 Å². The van der Waals surface area contributed by atoms with E-state index in [-0.39, 0.29) is 30.3 Å². The van der Waals surface area contributed by atoms with Gasteiger partial charge >= 0.3 is 5.97 Å². The first kappa shape index (κ1) is 32.5. The Morgan fingerprint density at radius 2 is 1.89 bits per heavy atom. The first-order chi connectivity index (χ1) is 22.6. The average molecular weight is 645 g/mol. The summed E-state index contributed by atoms with van der Waals surface area (Å²) in [6.45, 7) is 3.25. The lowest BCUT2D eigenvalue weighted by molar-refractivity contribution is -0.163. The number of benzene rings is 1. The number of amides is 1. The van der Waals surface area contributed by atoms with E-state index in [1.807, 2.05) is 19.1 Å². The standard InChI is InChI=1S/C35H38F2N6O4/c1-2-8-34(37)9-5-29-26(19-34)17-24-16-25(18-27(36)31(24)41-29)32(44)42-30(7-13-43-14-10-35(47,11-15-43)33(45)46)22-3-4-28(38-20-22)23-6-12-39-40-21-23/h3-4,6,12,16-18,20-21,30,47H,2,5,7-11,13-15,19H2,1H3,(H,42,44)(H,45,46)/t30-,34+/m1/s1. The fourth-order valence-corrected chi connectivity index (χ4v) is 6.72. The number of piperidine rings is 1. The zero-order chi connectivity index (χ0) is 33.2. The van der Waals surface area contributed by atoms with Gasteiger partial charge in [-0.25, -0.2) is 18.6 Å². The normalized spacial score (nSPS) is 20.0. The van der Waals surface area contributed by atoms with Gasteiger partial charge in [0.05, 0.1) is 24.1 Å². The quantitative estimate of drug-likeness (QED) is 0.218. The molecular weight excluding hydrogens is 606 g/mol. The molecule has 0 saturated carbocycles. The molecule has 47 heavy (non-hydrogen) atoms. The van der Waals surface area contributed by atoms with Crippen molar-refractivity contribution >= 4 is 22.8 Å². The second-order valence-electron chi connectivity index (χ2n) is 12.8. The third kappa shape index (κ3) is 7.13. The van der Waals surface area contributed by atoms with Crippen LogP contribution in [0.1, 0.15) is 78.7 Å². The molecule has 0 radical (unpaired) electrons. The van der Waals surface area contributed by atoms with E-state index in [0.29, 0.717) is 62.1 Å². The van der Waals surface area contributed by atoms with Gasteiger partial charge in [-0.1, -0.05) is 19.4 Å². The van der Waals surface area contributed by atoms with Crippen molar-refractivity contribution < 1.29 is 28.6 Å². The molecule has 0 spiro atoms. The highest BCUT2D eigenvalue weighted by molar-refractivity contribution is 5.98. The van der Waals surface area contributed by atoms with Gasteiger partial charge < -0.3 is 20.4 Å². The summed E-state index contributed by atoms with van der Waals surface area (Å²) in [7, 11) is 0. The smallest absolute Gasteiger partial charge is 0.335 e. The maximum absolute atomic E-state index is 15.4. The largest absolute Gasteiger partial charge is 0.479 e. The number of carboxylic acids is 1. The molecule has 12 heteroatoms. The van der Waals surface area contributed by atoms with E-state index in [4.69, 9.17) is 0 Å². The third-order valence-electron chi connectivity index (χ3n) is 9.51. The number of carboxylic acid groups (broad SMARTS) is 1. The van der Waals surface area contributed by atoms with Crippen LogP contribution < -0.4 is 5.32 Å². The summed E-state index contributed by atoms with van der Waals surface area (Å²) in [6.07, 6.45) is 7.73. The van der Waals surface area contributed by atoms with Crippen molar-refractivity contribution in [3.05, 3.63) is 83.2 Å². The minimum absolute atomic E-state index is 0.103. The lowest BCUT2D eigenvalue weighted by atomic mass is 9.81. The lowest BCUT2D eigenvalue weighted by Gasteiger charge is -2.36. The van der Waals surface area contributed by atoms with Gasteiger partial charge in [0.15, 0.2) is 5.60 Å². The first-order valence-electron chi connectivity index (χ1n) is 16.1. The Hall–Kier alpha value is -4.42. The highest BCUT2D eigenvalue weighted by Gasteiger charge is 2.39. The first-order valence-corrected chi connectivity index (χ1v) is 16.1. The summed E-state index contributed by atoms with van der Waals surface area (Å²) < 4.78 is 30.8. The van der Waals surface area contributed by atoms with Crippen molar-refractivity contribution in [2.75, 3.05) is 19.6 Å². The van der Waals surface area contributed by atoms with Crippen LogP contribution in [-0.4, -0.2) is 78.1 Å². The van der Waals surface area contributed by atoms with E-state index in [1.54, 1.807) is 36.8 Å². The number of likely N-dealkylation sites (tertiary alicyclic amines) is 1. The van der Waals surface area contributed by atoms with Crippen LogP contribution in [0.3, 0.4) is 0 Å². The van der Waals surface area contributed by atoms with Crippen LogP contribution in [0, 0.1) is 5.82 Å². The fourth-order valence-electron chi connectivity index (χ4n) is 6.72. The minimum Gasteiger partial charge on any atom is -0.479 e.